The van der Waals surface area contributed by atoms with Crippen LogP contribution >= 0.6 is 11.6 Å². The highest BCUT2D eigenvalue weighted by Gasteiger charge is 2.12. The van der Waals surface area contributed by atoms with E-state index in [0.29, 0.717) is 16.3 Å². The molecular formula is C20H12ClFN2O3. The van der Waals surface area contributed by atoms with Crippen molar-refractivity contribution >= 4 is 28.5 Å². The molecule has 1 heterocycles. The van der Waals surface area contributed by atoms with Crippen LogP contribution in [0.3, 0.4) is 0 Å². The predicted molar refractivity (Wildman–Crippen MR) is 100 cm³/mol. The molecule has 134 valence electrons. The Morgan fingerprint density at radius 2 is 1.89 bits per heavy atom. The third-order valence-corrected chi connectivity index (χ3v) is 4.58. The molecule has 1 aromatic heterocycles. The molecule has 0 saturated carbocycles. The molecule has 0 aliphatic carbocycles. The van der Waals surface area contributed by atoms with Gasteiger partial charge in [0.05, 0.1) is 23.0 Å². The Hall–Kier alpha value is -3.38. The molecule has 4 rings (SSSR count). The van der Waals surface area contributed by atoms with E-state index in [0.717, 1.165) is 16.5 Å². The van der Waals surface area contributed by atoms with Crippen molar-refractivity contribution in [3.05, 3.63) is 77.2 Å². The minimum atomic E-state index is -1.04. The summed E-state index contributed by atoms with van der Waals surface area (Å²) in [4.78, 5) is 11.0. The molecule has 0 atom stereocenters. The smallest absolute Gasteiger partial charge is 0.335 e. The van der Waals surface area contributed by atoms with Gasteiger partial charge in [0.15, 0.2) is 11.6 Å². The van der Waals surface area contributed by atoms with Gasteiger partial charge in [-0.15, -0.1) is 0 Å². The fourth-order valence-corrected chi connectivity index (χ4v) is 3.21. The van der Waals surface area contributed by atoms with Crippen molar-refractivity contribution in [3.8, 4) is 22.6 Å². The molecule has 2 N–H and O–H groups in total. The topological polar surface area (TPSA) is 75.3 Å². The predicted octanol–water partition coefficient (Wildman–Crippen LogP) is 4.89. The monoisotopic (exact) mass is 382 g/mol. The van der Waals surface area contributed by atoms with Gasteiger partial charge in [0.1, 0.15) is 0 Å². The summed E-state index contributed by atoms with van der Waals surface area (Å²) in [6.45, 7) is 0. The summed E-state index contributed by atoms with van der Waals surface area (Å²) < 4.78 is 14.9. The quantitative estimate of drug-likeness (QED) is 0.529. The van der Waals surface area contributed by atoms with E-state index in [2.05, 4.69) is 5.10 Å². The molecular weight excluding hydrogens is 371 g/mol. The van der Waals surface area contributed by atoms with E-state index in [-0.39, 0.29) is 5.56 Å². The van der Waals surface area contributed by atoms with Crippen molar-refractivity contribution in [2.24, 2.45) is 0 Å². The van der Waals surface area contributed by atoms with Crippen LogP contribution < -0.4 is 0 Å². The van der Waals surface area contributed by atoms with Gasteiger partial charge in [-0.3, -0.25) is 0 Å². The van der Waals surface area contributed by atoms with E-state index in [1.54, 1.807) is 16.9 Å². The van der Waals surface area contributed by atoms with Crippen LogP contribution in [-0.4, -0.2) is 26.0 Å². The van der Waals surface area contributed by atoms with Crippen LogP contribution in [-0.2, 0) is 0 Å². The molecule has 5 nitrogen and oxygen atoms in total. The molecule has 0 amide bonds. The first-order valence-electron chi connectivity index (χ1n) is 7.94. The third-order valence-electron chi connectivity index (χ3n) is 4.27. The van der Waals surface area contributed by atoms with Crippen molar-refractivity contribution in [1.82, 2.24) is 9.78 Å². The summed E-state index contributed by atoms with van der Waals surface area (Å²) in [6.07, 6.45) is 1.65. The molecule has 0 aliphatic rings. The standard InChI is InChI=1S/C20H12ClFN2O3/c21-16-8-12(20(26)27)1-4-15(16)11-2-6-18-13(7-11)10-23-24(18)14-3-5-17(22)19(25)9-14/h1-10,25H,(H,26,27). The third kappa shape index (κ3) is 3.00. The number of phenols is 1. The Morgan fingerprint density at radius 3 is 2.59 bits per heavy atom. The molecule has 3 aromatic carbocycles. The lowest BCUT2D eigenvalue weighted by Crippen LogP contribution is -1.96. The summed E-state index contributed by atoms with van der Waals surface area (Å²) in [7, 11) is 0. The zero-order valence-corrected chi connectivity index (χ0v) is 14.5. The Kier molecular flexibility index (Phi) is 4.05. The van der Waals surface area contributed by atoms with Crippen LogP contribution in [0.15, 0.2) is 60.8 Å². The van der Waals surface area contributed by atoms with Crippen molar-refractivity contribution in [1.29, 1.82) is 0 Å². The molecule has 0 fully saturated rings. The lowest BCUT2D eigenvalue weighted by atomic mass is 10.0. The fourth-order valence-electron chi connectivity index (χ4n) is 2.92. The molecule has 0 bridgehead atoms. The number of hydrogen-bond acceptors (Lipinski definition) is 3. The average Bonchev–Trinajstić information content (AvgIpc) is 3.07. The van der Waals surface area contributed by atoms with Gasteiger partial charge in [-0.2, -0.15) is 5.10 Å². The second-order valence-corrected chi connectivity index (χ2v) is 6.37. The van der Waals surface area contributed by atoms with E-state index in [1.165, 1.54) is 30.3 Å². The van der Waals surface area contributed by atoms with Crippen molar-refractivity contribution in [3.63, 3.8) is 0 Å². The molecule has 0 aliphatic heterocycles. The number of halogens is 2. The number of carboxylic acid groups (broad SMARTS) is 1. The number of hydrogen-bond donors (Lipinski definition) is 2. The number of aromatic carboxylic acids is 1. The van der Waals surface area contributed by atoms with Gasteiger partial charge in [-0.25, -0.2) is 13.9 Å². The lowest BCUT2D eigenvalue weighted by Gasteiger charge is -2.08. The second kappa shape index (κ2) is 6.41. The van der Waals surface area contributed by atoms with E-state index < -0.39 is 17.5 Å². The first-order chi connectivity index (χ1) is 12.9. The maximum atomic E-state index is 13.3. The van der Waals surface area contributed by atoms with E-state index in [1.807, 2.05) is 18.2 Å². The van der Waals surface area contributed by atoms with Crippen LogP contribution in [0.1, 0.15) is 10.4 Å². The van der Waals surface area contributed by atoms with Crippen molar-refractivity contribution in [2.45, 2.75) is 0 Å². The van der Waals surface area contributed by atoms with Crippen LogP contribution in [0, 0.1) is 5.82 Å². The number of carbonyl (C=O) groups is 1. The summed E-state index contributed by atoms with van der Waals surface area (Å²) >= 11 is 6.25. The second-order valence-electron chi connectivity index (χ2n) is 5.97. The number of aromatic hydroxyl groups is 1. The summed E-state index contributed by atoms with van der Waals surface area (Å²) in [5, 5.41) is 24.1. The van der Waals surface area contributed by atoms with Gasteiger partial charge < -0.3 is 10.2 Å². The number of fused-ring (bicyclic) bond motifs is 1. The zero-order chi connectivity index (χ0) is 19.1. The van der Waals surface area contributed by atoms with Crippen LogP contribution in [0.5, 0.6) is 5.75 Å². The fraction of sp³-hybridized carbons (Fsp3) is 0. The lowest BCUT2D eigenvalue weighted by molar-refractivity contribution is 0.0697. The number of nitrogens with zero attached hydrogens (tertiary/aromatic N) is 2. The van der Waals surface area contributed by atoms with Gasteiger partial charge >= 0.3 is 5.97 Å². The Morgan fingerprint density at radius 1 is 1.07 bits per heavy atom. The maximum Gasteiger partial charge on any atom is 0.335 e. The summed E-state index contributed by atoms with van der Waals surface area (Å²) in [5.41, 5.74) is 2.93. The number of carboxylic acids is 1. The number of rotatable bonds is 3. The molecule has 4 aromatic rings. The van der Waals surface area contributed by atoms with Crippen LogP contribution in [0.4, 0.5) is 4.39 Å². The highest BCUT2D eigenvalue weighted by molar-refractivity contribution is 6.33. The first kappa shape index (κ1) is 17.1. The van der Waals surface area contributed by atoms with E-state index in [9.17, 15) is 14.3 Å². The van der Waals surface area contributed by atoms with Crippen molar-refractivity contribution in [2.75, 3.05) is 0 Å². The Bertz CT molecular complexity index is 1200. The minimum Gasteiger partial charge on any atom is -0.505 e. The minimum absolute atomic E-state index is 0.119. The molecule has 27 heavy (non-hydrogen) atoms. The normalized spacial score (nSPS) is 11.0. The highest BCUT2D eigenvalue weighted by atomic mass is 35.5. The van der Waals surface area contributed by atoms with Gasteiger partial charge in [0.25, 0.3) is 0 Å². The summed E-state index contributed by atoms with van der Waals surface area (Å²) in [6, 6.07) is 14.1. The zero-order valence-electron chi connectivity index (χ0n) is 13.7. The molecule has 0 radical (unpaired) electrons. The van der Waals surface area contributed by atoms with E-state index in [4.69, 9.17) is 16.7 Å². The Balaban J connectivity index is 1.78. The van der Waals surface area contributed by atoms with Crippen LogP contribution in [0.2, 0.25) is 5.02 Å². The number of phenolic OH excluding ortho intramolecular Hbond substituents is 1. The number of aromatic nitrogens is 2. The maximum absolute atomic E-state index is 13.3. The first-order valence-corrected chi connectivity index (χ1v) is 8.32. The van der Waals surface area contributed by atoms with Gasteiger partial charge in [0, 0.05) is 22.0 Å². The largest absolute Gasteiger partial charge is 0.505 e. The van der Waals surface area contributed by atoms with Gasteiger partial charge in [-0.1, -0.05) is 23.7 Å². The van der Waals surface area contributed by atoms with Crippen LogP contribution in [0.25, 0.3) is 27.7 Å². The van der Waals surface area contributed by atoms with Gasteiger partial charge in [-0.05, 0) is 42.0 Å². The molecule has 7 heteroatoms. The van der Waals surface area contributed by atoms with Crippen molar-refractivity contribution < 1.29 is 19.4 Å². The number of benzene rings is 3. The SMILES string of the molecule is O=C(O)c1ccc(-c2ccc3c(cnn3-c3ccc(F)c(O)c3)c2)c(Cl)c1. The molecule has 0 saturated heterocycles. The van der Waals surface area contributed by atoms with E-state index >= 15 is 0 Å². The van der Waals surface area contributed by atoms with Gasteiger partial charge in [0.2, 0.25) is 0 Å². The average molecular weight is 383 g/mol. The molecule has 0 spiro atoms. The highest BCUT2D eigenvalue weighted by Crippen LogP contribution is 2.32. The molecule has 0 unspecified atom stereocenters. The Labute approximate surface area is 157 Å². The summed E-state index contributed by atoms with van der Waals surface area (Å²) in [5.74, 6) is -2.18.